The summed E-state index contributed by atoms with van der Waals surface area (Å²) in [5, 5.41) is 55.1. The van der Waals surface area contributed by atoms with E-state index in [-0.39, 0.29) is 19.3 Å². The van der Waals surface area contributed by atoms with Gasteiger partial charge in [-0.25, -0.2) is 14.4 Å². The summed E-state index contributed by atoms with van der Waals surface area (Å²) in [7, 11) is 0. The molecule has 9 N–H and O–H groups in total. The number of hydrogen-bond acceptors (Lipinski definition) is 11. The van der Waals surface area contributed by atoms with E-state index in [0.29, 0.717) is 30.7 Å². The number of carboxylic acid groups (broad SMARTS) is 3. The van der Waals surface area contributed by atoms with Crippen LogP contribution in [0.5, 0.6) is 0 Å². The van der Waals surface area contributed by atoms with E-state index in [0.717, 1.165) is 87.7 Å². The van der Waals surface area contributed by atoms with Crippen molar-refractivity contribution in [2.45, 2.75) is 88.4 Å². The van der Waals surface area contributed by atoms with Gasteiger partial charge >= 0.3 is 23.9 Å². The lowest BCUT2D eigenvalue weighted by Gasteiger charge is -2.38. The summed E-state index contributed by atoms with van der Waals surface area (Å²) < 4.78 is 0. The standard InChI is InChI=1S/C42H59N11O9S/c54-36(16-14-33(39(58)59)47-41(62)48-34(40(60)61)15-17-37(55)56)46-35(27-29-8-4-3-5-9-29)38(57)43-18-6-1-2-7-19-44-42(63)45-31-12-10-30(11-13-31)26-32-28-51-23-22-49-20-21-50-24-25-52(32)53(49,50)51/h3-5,8-13,32-35H,1-2,6-7,14-28H2,(H8-,43,44,45,46,47,48,54,55,56,57,58,59,60,61,62,63)/p+1/t32?,33-,34-,35-,53?/m0/s1. The Morgan fingerprint density at radius 2 is 1.25 bits per heavy atom. The van der Waals surface area contributed by atoms with E-state index in [1.165, 1.54) is 5.56 Å². The van der Waals surface area contributed by atoms with Crippen molar-refractivity contribution in [1.29, 1.82) is 0 Å². The van der Waals surface area contributed by atoms with Gasteiger partial charge in [0.05, 0.1) is 51.9 Å². The predicted molar refractivity (Wildman–Crippen MR) is 234 cm³/mol. The van der Waals surface area contributed by atoms with Gasteiger partial charge in [0.15, 0.2) is 5.11 Å². The summed E-state index contributed by atoms with van der Waals surface area (Å²) in [6, 6.07) is 12.9. The molecule has 4 aliphatic heterocycles. The maximum atomic E-state index is 13.3. The topological polar surface area (TPSA) is 248 Å². The Morgan fingerprint density at radius 1 is 0.667 bits per heavy atom. The van der Waals surface area contributed by atoms with Crippen molar-refractivity contribution in [2.75, 3.05) is 64.2 Å². The zero-order chi connectivity index (χ0) is 44.9. The van der Waals surface area contributed by atoms with Crippen molar-refractivity contribution >= 4 is 58.8 Å². The van der Waals surface area contributed by atoms with Crippen LogP contribution >= 0.6 is 12.2 Å². The van der Waals surface area contributed by atoms with Crippen molar-refractivity contribution in [3.05, 3.63) is 65.7 Å². The van der Waals surface area contributed by atoms with Crippen LogP contribution < -0.4 is 31.9 Å². The molecular weight excluding hydrogens is 835 g/mol. The molecule has 4 fully saturated rings. The molecule has 0 saturated carbocycles. The van der Waals surface area contributed by atoms with Gasteiger partial charge in [0, 0.05) is 38.0 Å². The molecule has 0 radical (unpaired) electrons. The number of carbonyl (C=O) groups is 6. The fourth-order valence-corrected chi connectivity index (χ4v) is 9.12. The fraction of sp³-hybridized carbons (Fsp3) is 0.548. The molecule has 1 spiro atoms. The molecule has 4 aliphatic rings. The number of unbranched alkanes of at least 4 members (excludes halogenated alkanes) is 3. The van der Waals surface area contributed by atoms with Gasteiger partial charge in [0.25, 0.3) is 0 Å². The van der Waals surface area contributed by atoms with E-state index in [9.17, 15) is 39.0 Å². The lowest BCUT2D eigenvalue weighted by Crippen LogP contribution is -2.65. The number of amides is 4. The lowest BCUT2D eigenvalue weighted by atomic mass is 10.0. The van der Waals surface area contributed by atoms with Crippen LogP contribution in [0.3, 0.4) is 0 Å². The van der Waals surface area contributed by atoms with E-state index in [4.69, 9.17) is 17.3 Å². The molecule has 20 nitrogen and oxygen atoms in total. The van der Waals surface area contributed by atoms with E-state index < -0.39 is 66.7 Å². The van der Waals surface area contributed by atoms with Crippen molar-refractivity contribution in [2.24, 2.45) is 0 Å². The van der Waals surface area contributed by atoms with Gasteiger partial charge in [-0.1, -0.05) is 75.3 Å². The minimum atomic E-state index is -1.57. The van der Waals surface area contributed by atoms with E-state index in [2.05, 4.69) is 70.9 Å². The summed E-state index contributed by atoms with van der Waals surface area (Å²) >= 11 is 5.55. The molecule has 0 bridgehead atoms. The third-order valence-corrected chi connectivity index (χ3v) is 12.2. The van der Waals surface area contributed by atoms with Crippen LogP contribution in [0.15, 0.2) is 54.6 Å². The predicted octanol–water partition coefficient (Wildman–Crippen LogP) is 0.878. The molecule has 0 aliphatic carbocycles. The van der Waals surface area contributed by atoms with Crippen LogP contribution in [0, 0.1) is 0 Å². The quantitative estimate of drug-likeness (QED) is 0.0403. The first-order valence-electron chi connectivity index (χ1n) is 21.7. The molecule has 4 saturated heterocycles. The number of carbonyl (C=O) groups excluding carboxylic acids is 3. The summed E-state index contributed by atoms with van der Waals surface area (Å²) in [4.78, 5) is 73.5. The molecule has 63 heavy (non-hydrogen) atoms. The highest BCUT2D eigenvalue weighted by Gasteiger charge is 2.70. The second-order valence-corrected chi connectivity index (χ2v) is 16.7. The second-order valence-electron chi connectivity index (χ2n) is 16.3. The number of carboxylic acids is 3. The van der Waals surface area contributed by atoms with Crippen LogP contribution in [-0.4, -0.2) is 164 Å². The van der Waals surface area contributed by atoms with Crippen LogP contribution in [0.4, 0.5) is 10.5 Å². The molecule has 0 aromatic heterocycles. The van der Waals surface area contributed by atoms with Crippen molar-refractivity contribution < 1.29 is 49.0 Å². The first-order valence-corrected chi connectivity index (χ1v) is 22.2. The van der Waals surface area contributed by atoms with Gasteiger partial charge in [0.2, 0.25) is 11.8 Å². The zero-order valence-electron chi connectivity index (χ0n) is 35.4. The van der Waals surface area contributed by atoms with Gasteiger partial charge in [0.1, 0.15) is 18.1 Å². The number of benzene rings is 2. The molecule has 2 unspecified atom stereocenters. The Morgan fingerprint density at radius 3 is 1.87 bits per heavy atom. The lowest BCUT2D eigenvalue weighted by molar-refractivity contribution is -1.24. The zero-order valence-corrected chi connectivity index (χ0v) is 36.2. The van der Waals surface area contributed by atoms with Gasteiger partial charge in [-0.2, -0.15) is 0 Å². The molecule has 2 aromatic carbocycles. The number of anilines is 1. The highest BCUT2D eigenvalue weighted by molar-refractivity contribution is 7.80. The monoisotopic (exact) mass is 894 g/mol. The number of nitrogens with one attached hydrogen (secondary N) is 6. The molecule has 342 valence electrons. The summed E-state index contributed by atoms with van der Waals surface area (Å²) in [5.74, 6) is -5.24. The highest BCUT2D eigenvalue weighted by Crippen LogP contribution is 2.44. The average molecular weight is 895 g/mol. The SMILES string of the molecule is O=C(O)CC[C@H](NC(=O)N[C@@H](CCC(=O)N[C@@H](Cc1ccccc1)C(=O)NCCCCCCNC(=S)Nc1ccc(CC2CN3CCN4CCN5CCN2[N+]453)cc1)C(=O)O)C(=O)O. The first kappa shape index (κ1) is 47.0. The highest BCUT2D eigenvalue weighted by atomic mass is 32.1. The Balaban J connectivity index is 0.856. The average Bonchev–Trinajstić information content (AvgIpc) is 3.98. The van der Waals surface area contributed by atoms with Crippen molar-refractivity contribution in [1.82, 2.24) is 46.6 Å². The van der Waals surface area contributed by atoms with E-state index >= 15 is 0 Å². The molecule has 21 heteroatoms. The van der Waals surface area contributed by atoms with Crippen molar-refractivity contribution in [3.8, 4) is 0 Å². The smallest absolute Gasteiger partial charge is 0.326 e. The number of hydrogen-bond donors (Lipinski definition) is 9. The maximum absolute atomic E-state index is 13.3. The minimum Gasteiger partial charge on any atom is -0.481 e. The second kappa shape index (κ2) is 22.3. The van der Waals surface area contributed by atoms with Crippen LogP contribution in [0.25, 0.3) is 0 Å². The minimum absolute atomic E-state index is 0.189. The summed E-state index contributed by atoms with van der Waals surface area (Å²) in [6.45, 7) is 8.91. The Bertz CT molecular complexity index is 1940. The third-order valence-electron chi connectivity index (χ3n) is 12.0. The molecule has 4 heterocycles. The Hall–Kier alpha value is -5.45. The number of quaternary nitrogens is 1. The largest absolute Gasteiger partial charge is 0.481 e. The van der Waals surface area contributed by atoms with Gasteiger partial charge in [-0.15, -0.1) is 0 Å². The number of nitrogens with zero attached hydrogens (tertiary/aromatic N) is 5. The van der Waals surface area contributed by atoms with Gasteiger partial charge in [-0.3, -0.25) is 14.4 Å². The number of thiocarbonyl (C=S) groups is 1. The van der Waals surface area contributed by atoms with E-state index in [1.807, 2.05) is 35.6 Å². The Labute approximate surface area is 371 Å². The van der Waals surface area contributed by atoms with Gasteiger partial charge < -0.3 is 47.2 Å². The van der Waals surface area contributed by atoms with Crippen LogP contribution in [0.1, 0.15) is 62.5 Å². The molecule has 4 amide bonds. The van der Waals surface area contributed by atoms with Gasteiger partial charge in [-0.05, 0) is 72.5 Å². The molecule has 5 atom stereocenters. The number of urea groups is 1. The molecule has 6 rings (SSSR count). The molecular formula is C42H60N11O9S+. The van der Waals surface area contributed by atoms with E-state index in [1.54, 1.807) is 0 Å². The maximum Gasteiger partial charge on any atom is 0.326 e. The van der Waals surface area contributed by atoms with Crippen LogP contribution in [0.2, 0.25) is 0 Å². The van der Waals surface area contributed by atoms with Crippen molar-refractivity contribution in [3.63, 3.8) is 0 Å². The first-order chi connectivity index (χ1) is 30.3. The molecule has 2 aromatic rings. The normalized spacial score (nSPS) is 20.8. The summed E-state index contributed by atoms with van der Waals surface area (Å²) in [6.07, 6.45) is 2.89. The third kappa shape index (κ3) is 12.4. The Kier molecular flexibility index (Phi) is 16.6. The fourth-order valence-electron chi connectivity index (χ4n) is 8.90. The number of aliphatic carboxylic acids is 3. The summed E-state index contributed by atoms with van der Waals surface area (Å²) in [5.41, 5.74) is 3.06. The number of rotatable bonds is 24. The van der Waals surface area contributed by atoms with Crippen LogP contribution in [-0.2, 0) is 36.8 Å².